The lowest BCUT2D eigenvalue weighted by Crippen LogP contribution is -2.41. The number of aryl methyl sites for hydroxylation is 1. The van der Waals surface area contributed by atoms with Crippen LogP contribution in [0.3, 0.4) is 0 Å². The van der Waals surface area contributed by atoms with Crippen molar-refractivity contribution < 1.29 is 19.5 Å². The minimum Gasteiger partial charge on any atom is -0.478 e. The monoisotopic (exact) mass is 383 g/mol. The van der Waals surface area contributed by atoms with Crippen molar-refractivity contribution in [2.24, 2.45) is 0 Å². The Morgan fingerprint density at radius 2 is 2.00 bits per heavy atom. The Labute approximate surface area is 164 Å². The van der Waals surface area contributed by atoms with Crippen LogP contribution in [0.2, 0.25) is 0 Å². The molecular formula is C21H25N3O4. The number of rotatable bonds is 5. The number of hydrogen-bond acceptors (Lipinski definition) is 4. The Hall–Kier alpha value is -2.96. The molecule has 0 aliphatic carbocycles. The number of carbonyl (C=O) groups is 3. The van der Waals surface area contributed by atoms with Gasteiger partial charge >= 0.3 is 5.97 Å². The van der Waals surface area contributed by atoms with Crippen molar-refractivity contribution in [2.45, 2.75) is 46.1 Å². The van der Waals surface area contributed by atoms with E-state index in [0.717, 1.165) is 18.4 Å². The van der Waals surface area contributed by atoms with Gasteiger partial charge in [-0.2, -0.15) is 5.10 Å². The van der Waals surface area contributed by atoms with Gasteiger partial charge in [0.1, 0.15) is 6.54 Å². The highest BCUT2D eigenvalue weighted by Crippen LogP contribution is 2.28. The van der Waals surface area contributed by atoms with Gasteiger partial charge in [0.15, 0.2) is 5.78 Å². The fourth-order valence-corrected chi connectivity index (χ4v) is 3.99. The molecule has 2 heterocycles. The van der Waals surface area contributed by atoms with Crippen molar-refractivity contribution in [3.05, 3.63) is 52.3 Å². The fourth-order valence-electron chi connectivity index (χ4n) is 3.99. The van der Waals surface area contributed by atoms with Crippen LogP contribution in [0.5, 0.6) is 0 Å². The van der Waals surface area contributed by atoms with E-state index in [1.54, 1.807) is 36.7 Å². The van der Waals surface area contributed by atoms with E-state index in [4.69, 9.17) is 0 Å². The van der Waals surface area contributed by atoms with Gasteiger partial charge in [-0.15, -0.1) is 0 Å². The first-order valence-corrected chi connectivity index (χ1v) is 9.44. The zero-order valence-electron chi connectivity index (χ0n) is 16.4. The molecule has 1 fully saturated rings. The summed E-state index contributed by atoms with van der Waals surface area (Å²) in [5, 5.41) is 13.6. The van der Waals surface area contributed by atoms with E-state index in [0.29, 0.717) is 30.0 Å². The van der Waals surface area contributed by atoms with E-state index in [1.807, 2.05) is 11.0 Å². The summed E-state index contributed by atoms with van der Waals surface area (Å²) in [4.78, 5) is 37.7. The Morgan fingerprint density at radius 1 is 1.25 bits per heavy atom. The van der Waals surface area contributed by atoms with Gasteiger partial charge in [-0.05, 0) is 51.3 Å². The molecule has 0 spiro atoms. The van der Waals surface area contributed by atoms with Gasteiger partial charge in [-0.1, -0.05) is 12.1 Å². The Balaban J connectivity index is 1.73. The summed E-state index contributed by atoms with van der Waals surface area (Å²) in [6, 6.07) is 6.94. The van der Waals surface area contributed by atoms with Crippen LogP contribution in [-0.2, 0) is 11.3 Å². The lowest BCUT2D eigenvalue weighted by atomic mass is 9.89. The first kappa shape index (κ1) is 19.8. The quantitative estimate of drug-likeness (QED) is 0.802. The van der Waals surface area contributed by atoms with E-state index in [9.17, 15) is 19.5 Å². The molecule has 28 heavy (non-hydrogen) atoms. The summed E-state index contributed by atoms with van der Waals surface area (Å²) in [6.07, 6.45) is 1.78. The lowest BCUT2D eigenvalue weighted by Gasteiger charge is -2.33. The van der Waals surface area contributed by atoms with Crippen LogP contribution in [0, 0.1) is 13.8 Å². The standard InChI is InChI=1S/C21H25N3O4/c1-13-20(15(3)25)14(2)24(22-13)12-19(26)23-9-5-8-18(11-23)16-6-4-7-17(10-16)21(27)28/h4,6-7,10,18H,5,8-9,11-12H2,1-3H3,(H,27,28)/t18-/m0/s1. The maximum atomic E-state index is 12.8. The second kappa shape index (κ2) is 7.96. The zero-order valence-corrected chi connectivity index (χ0v) is 16.4. The molecule has 1 saturated heterocycles. The summed E-state index contributed by atoms with van der Waals surface area (Å²) in [5.41, 5.74) is 3.14. The highest BCUT2D eigenvalue weighted by atomic mass is 16.4. The van der Waals surface area contributed by atoms with Crippen molar-refractivity contribution in [1.82, 2.24) is 14.7 Å². The molecule has 7 nitrogen and oxygen atoms in total. The molecule has 1 amide bonds. The number of Topliss-reactive ketones (excluding diaryl/α,β-unsaturated/α-hetero) is 1. The number of carbonyl (C=O) groups excluding carboxylic acids is 2. The predicted octanol–water partition coefficient (Wildman–Crippen LogP) is 2.81. The van der Waals surface area contributed by atoms with E-state index >= 15 is 0 Å². The molecule has 0 unspecified atom stereocenters. The zero-order chi connectivity index (χ0) is 20.4. The number of aromatic carboxylic acids is 1. The van der Waals surface area contributed by atoms with Gasteiger partial charge in [-0.25, -0.2) is 4.79 Å². The van der Waals surface area contributed by atoms with Crippen molar-refractivity contribution in [3.63, 3.8) is 0 Å². The Bertz CT molecular complexity index is 932. The first-order valence-electron chi connectivity index (χ1n) is 9.44. The molecule has 1 aliphatic heterocycles. The highest BCUT2D eigenvalue weighted by molar-refractivity contribution is 5.96. The molecule has 1 aromatic carbocycles. The van der Waals surface area contributed by atoms with Gasteiger partial charge in [-0.3, -0.25) is 14.3 Å². The van der Waals surface area contributed by atoms with Crippen molar-refractivity contribution in [3.8, 4) is 0 Å². The molecule has 1 N–H and O–H groups in total. The number of carboxylic acids is 1. The van der Waals surface area contributed by atoms with E-state index in [1.165, 1.54) is 6.92 Å². The molecule has 0 saturated carbocycles. The summed E-state index contributed by atoms with van der Waals surface area (Å²) < 4.78 is 1.60. The van der Waals surface area contributed by atoms with Crippen LogP contribution in [0.15, 0.2) is 24.3 Å². The van der Waals surface area contributed by atoms with E-state index in [-0.39, 0.29) is 29.7 Å². The predicted molar refractivity (Wildman–Crippen MR) is 104 cm³/mol. The van der Waals surface area contributed by atoms with Crippen LogP contribution < -0.4 is 0 Å². The maximum Gasteiger partial charge on any atom is 0.335 e. The molecule has 0 radical (unpaired) electrons. The minimum atomic E-state index is -0.948. The van der Waals surface area contributed by atoms with E-state index in [2.05, 4.69) is 5.10 Å². The average molecular weight is 383 g/mol. The average Bonchev–Trinajstić information content (AvgIpc) is 2.95. The summed E-state index contributed by atoms with van der Waals surface area (Å²) in [7, 11) is 0. The van der Waals surface area contributed by atoms with Gasteiger partial charge < -0.3 is 10.0 Å². The summed E-state index contributed by atoms with van der Waals surface area (Å²) in [6.45, 7) is 6.41. The Kier molecular flexibility index (Phi) is 5.63. The van der Waals surface area contributed by atoms with Gasteiger partial charge in [0.25, 0.3) is 0 Å². The maximum absolute atomic E-state index is 12.8. The van der Waals surface area contributed by atoms with Crippen molar-refractivity contribution >= 4 is 17.7 Å². The first-order chi connectivity index (χ1) is 13.3. The van der Waals surface area contributed by atoms with Gasteiger partial charge in [0.05, 0.1) is 16.8 Å². The number of aromatic nitrogens is 2. The molecule has 2 aromatic rings. The summed E-state index contributed by atoms with van der Waals surface area (Å²) >= 11 is 0. The summed E-state index contributed by atoms with van der Waals surface area (Å²) in [5.74, 6) is -0.925. The SMILES string of the molecule is CC(=O)c1c(C)nn(CC(=O)N2CCC[C@H](c3cccc(C(=O)O)c3)C2)c1C. The number of ketones is 1. The number of nitrogens with zero attached hydrogens (tertiary/aromatic N) is 3. The molecule has 1 aromatic heterocycles. The molecule has 0 bridgehead atoms. The molecular weight excluding hydrogens is 358 g/mol. The highest BCUT2D eigenvalue weighted by Gasteiger charge is 2.26. The number of carboxylic acid groups (broad SMARTS) is 1. The molecule has 1 aliphatic rings. The second-order valence-corrected chi connectivity index (χ2v) is 7.37. The third-order valence-corrected chi connectivity index (χ3v) is 5.40. The Morgan fingerprint density at radius 3 is 2.64 bits per heavy atom. The number of amides is 1. The number of benzene rings is 1. The topological polar surface area (TPSA) is 92.5 Å². The molecule has 148 valence electrons. The molecule has 3 rings (SSSR count). The minimum absolute atomic E-state index is 0.0419. The van der Waals surface area contributed by atoms with Crippen LogP contribution in [0.25, 0.3) is 0 Å². The van der Waals surface area contributed by atoms with Gasteiger partial charge in [0, 0.05) is 24.7 Å². The lowest BCUT2D eigenvalue weighted by molar-refractivity contribution is -0.133. The van der Waals surface area contributed by atoms with Crippen LogP contribution in [0.1, 0.15) is 63.4 Å². The van der Waals surface area contributed by atoms with Crippen LogP contribution in [-0.4, -0.2) is 50.5 Å². The number of piperidine rings is 1. The molecule has 7 heteroatoms. The fraction of sp³-hybridized carbons (Fsp3) is 0.429. The largest absolute Gasteiger partial charge is 0.478 e. The second-order valence-electron chi connectivity index (χ2n) is 7.37. The van der Waals surface area contributed by atoms with E-state index < -0.39 is 5.97 Å². The van der Waals surface area contributed by atoms with Crippen LogP contribution in [0.4, 0.5) is 0 Å². The molecule has 1 atom stereocenters. The third kappa shape index (κ3) is 3.98. The van der Waals surface area contributed by atoms with Crippen LogP contribution >= 0.6 is 0 Å². The smallest absolute Gasteiger partial charge is 0.335 e. The van der Waals surface area contributed by atoms with Gasteiger partial charge in [0.2, 0.25) is 5.91 Å². The normalized spacial score (nSPS) is 16.8. The van der Waals surface area contributed by atoms with Crippen molar-refractivity contribution in [2.75, 3.05) is 13.1 Å². The number of hydrogen-bond donors (Lipinski definition) is 1. The third-order valence-electron chi connectivity index (χ3n) is 5.40. The van der Waals surface area contributed by atoms with Crippen molar-refractivity contribution in [1.29, 1.82) is 0 Å². The number of likely N-dealkylation sites (tertiary alicyclic amines) is 1.